The molecule has 6 heteroatoms. The van der Waals surface area contributed by atoms with Crippen molar-refractivity contribution in [3.63, 3.8) is 0 Å². The minimum Gasteiger partial charge on any atom is -0.464 e. The van der Waals surface area contributed by atoms with Crippen LogP contribution in [0.15, 0.2) is 44.7 Å². The lowest BCUT2D eigenvalue weighted by Crippen LogP contribution is -2.30. The zero-order valence-electron chi connectivity index (χ0n) is 10.2. The van der Waals surface area contributed by atoms with E-state index >= 15 is 0 Å². The molecule has 0 unspecified atom stereocenters. The number of aryl methyl sites for hydroxylation is 1. The SMILES string of the molecule is CCn1c(=O)[nH]c(=O)c2c(-c3ccco3)ccnc21. The molecule has 0 amide bonds. The molecule has 0 radical (unpaired) electrons. The summed E-state index contributed by atoms with van der Waals surface area (Å²) in [5.74, 6) is 0.569. The Morgan fingerprint density at radius 2 is 2.21 bits per heavy atom. The van der Waals surface area contributed by atoms with E-state index in [2.05, 4.69) is 9.97 Å². The summed E-state index contributed by atoms with van der Waals surface area (Å²) in [5, 5.41) is 0.360. The second-order valence-electron chi connectivity index (χ2n) is 4.04. The van der Waals surface area contributed by atoms with Crippen molar-refractivity contribution in [2.45, 2.75) is 13.5 Å². The molecule has 3 aromatic heterocycles. The molecule has 0 fully saturated rings. The number of hydrogen-bond acceptors (Lipinski definition) is 4. The van der Waals surface area contributed by atoms with Crippen molar-refractivity contribution < 1.29 is 4.42 Å². The smallest absolute Gasteiger partial charge is 0.329 e. The Kier molecular flexibility index (Phi) is 2.56. The predicted octanol–water partition coefficient (Wildman–Crippen LogP) is 1.36. The number of rotatable bonds is 2. The summed E-state index contributed by atoms with van der Waals surface area (Å²) in [7, 11) is 0. The van der Waals surface area contributed by atoms with Crippen molar-refractivity contribution >= 4 is 11.0 Å². The normalized spacial score (nSPS) is 11.0. The molecule has 3 rings (SSSR count). The third kappa shape index (κ3) is 1.69. The summed E-state index contributed by atoms with van der Waals surface area (Å²) in [5.41, 5.74) is 0.0805. The van der Waals surface area contributed by atoms with E-state index in [4.69, 9.17) is 4.42 Å². The third-order valence-corrected chi connectivity index (χ3v) is 2.98. The monoisotopic (exact) mass is 257 g/mol. The van der Waals surface area contributed by atoms with Crippen LogP contribution in [0.3, 0.4) is 0 Å². The number of pyridine rings is 1. The van der Waals surface area contributed by atoms with Crippen LogP contribution in [-0.4, -0.2) is 14.5 Å². The van der Waals surface area contributed by atoms with E-state index in [1.807, 2.05) is 6.92 Å². The lowest BCUT2D eigenvalue weighted by atomic mass is 10.1. The average molecular weight is 257 g/mol. The highest BCUT2D eigenvalue weighted by Crippen LogP contribution is 2.24. The van der Waals surface area contributed by atoms with Crippen molar-refractivity contribution in [2.24, 2.45) is 0 Å². The number of fused-ring (bicyclic) bond motifs is 1. The first-order valence-electron chi connectivity index (χ1n) is 5.88. The van der Waals surface area contributed by atoms with Crippen molar-refractivity contribution in [1.29, 1.82) is 0 Å². The van der Waals surface area contributed by atoms with Crippen molar-refractivity contribution in [3.05, 3.63) is 51.5 Å². The van der Waals surface area contributed by atoms with Crippen LogP contribution in [-0.2, 0) is 6.54 Å². The van der Waals surface area contributed by atoms with Gasteiger partial charge in [-0.15, -0.1) is 0 Å². The summed E-state index contributed by atoms with van der Waals surface area (Å²) in [6.07, 6.45) is 3.09. The Morgan fingerprint density at radius 1 is 1.37 bits per heavy atom. The molecule has 0 spiro atoms. The fourth-order valence-electron chi connectivity index (χ4n) is 2.13. The van der Waals surface area contributed by atoms with Gasteiger partial charge in [-0.2, -0.15) is 0 Å². The lowest BCUT2D eigenvalue weighted by molar-refractivity contribution is 0.582. The zero-order chi connectivity index (χ0) is 13.4. The topological polar surface area (TPSA) is 80.9 Å². The molecule has 96 valence electrons. The fourth-order valence-corrected chi connectivity index (χ4v) is 2.13. The van der Waals surface area contributed by atoms with Gasteiger partial charge in [0.15, 0.2) is 0 Å². The molecule has 0 atom stereocenters. The lowest BCUT2D eigenvalue weighted by Gasteiger charge is -2.07. The number of hydrogen-bond donors (Lipinski definition) is 1. The minimum atomic E-state index is -0.455. The van der Waals surface area contributed by atoms with Crippen LogP contribution in [0.2, 0.25) is 0 Å². The van der Waals surface area contributed by atoms with E-state index in [1.165, 1.54) is 10.8 Å². The van der Waals surface area contributed by atoms with Gasteiger partial charge >= 0.3 is 5.69 Å². The fraction of sp³-hybridized carbons (Fsp3) is 0.154. The standard InChI is InChI=1S/C13H11N3O3/c1-2-16-11-10(12(17)15-13(16)18)8(5-6-14-11)9-4-3-7-19-9/h3-7H,2H2,1H3,(H,15,17,18). The molecule has 1 N–H and O–H groups in total. The van der Waals surface area contributed by atoms with Gasteiger partial charge in [0.05, 0.1) is 11.6 Å². The quantitative estimate of drug-likeness (QED) is 0.751. The van der Waals surface area contributed by atoms with E-state index in [9.17, 15) is 9.59 Å². The van der Waals surface area contributed by atoms with Gasteiger partial charge in [0.25, 0.3) is 5.56 Å². The third-order valence-electron chi connectivity index (χ3n) is 2.98. The van der Waals surface area contributed by atoms with Crippen LogP contribution in [0.4, 0.5) is 0 Å². The van der Waals surface area contributed by atoms with E-state index < -0.39 is 11.2 Å². The van der Waals surface area contributed by atoms with E-state index in [1.54, 1.807) is 24.4 Å². The summed E-state index contributed by atoms with van der Waals surface area (Å²) in [6, 6.07) is 5.20. The average Bonchev–Trinajstić information content (AvgIpc) is 2.92. The molecule has 3 heterocycles. The Bertz CT molecular complexity index is 844. The second kappa shape index (κ2) is 4.24. The number of aromatic nitrogens is 3. The molecular weight excluding hydrogens is 246 g/mol. The molecule has 19 heavy (non-hydrogen) atoms. The van der Waals surface area contributed by atoms with E-state index in [-0.39, 0.29) is 0 Å². The largest absolute Gasteiger partial charge is 0.464 e. The molecule has 0 saturated carbocycles. The Labute approximate surface area is 107 Å². The van der Waals surface area contributed by atoms with Crippen molar-refractivity contribution in [2.75, 3.05) is 0 Å². The Morgan fingerprint density at radius 3 is 2.89 bits per heavy atom. The summed E-state index contributed by atoms with van der Waals surface area (Å²) < 4.78 is 6.74. The minimum absolute atomic E-state index is 0.360. The van der Waals surface area contributed by atoms with Crippen LogP contribution in [0.25, 0.3) is 22.4 Å². The Hall–Kier alpha value is -2.63. The number of furan rings is 1. The maximum atomic E-state index is 12.0. The van der Waals surface area contributed by atoms with Crippen LogP contribution in [0.5, 0.6) is 0 Å². The maximum Gasteiger partial charge on any atom is 0.329 e. The van der Waals surface area contributed by atoms with Crippen molar-refractivity contribution in [3.8, 4) is 11.3 Å². The van der Waals surface area contributed by atoms with Gasteiger partial charge in [0, 0.05) is 18.3 Å². The summed E-state index contributed by atoms with van der Waals surface area (Å²) >= 11 is 0. The van der Waals surface area contributed by atoms with Crippen LogP contribution >= 0.6 is 0 Å². The highest BCUT2D eigenvalue weighted by molar-refractivity contribution is 5.90. The first-order valence-corrected chi connectivity index (χ1v) is 5.88. The summed E-state index contributed by atoms with van der Waals surface area (Å²) in [4.78, 5) is 30.2. The van der Waals surface area contributed by atoms with Gasteiger partial charge in [0.2, 0.25) is 0 Å². The molecule has 0 saturated heterocycles. The van der Waals surface area contributed by atoms with Crippen molar-refractivity contribution in [1.82, 2.24) is 14.5 Å². The molecule has 3 aromatic rings. The maximum absolute atomic E-state index is 12.0. The predicted molar refractivity (Wildman–Crippen MR) is 70.0 cm³/mol. The molecule has 0 aliphatic heterocycles. The number of H-pyrrole nitrogens is 1. The molecule has 0 aromatic carbocycles. The van der Waals surface area contributed by atoms with Gasteiger partial charge < -0.3 is 4.42 Å². The van der Waals surface area contributed by atoms with E-state index in [0.29, 0.717) is 28.9 Å². The molecule has 0 bridgehead atoms. The molecule has 0 aliphatic rings. The van der Waals surface area contributed by atoms with Crippen LogP contribution in [0, 0.1) is 0 Å². The van der Waals surface area contributed by atoms with E-state index in [0.717, 1.165) is 0 Å². The second-order valence-corrected chi connectivity index (χ2v) is 4.04. The molecular formula is C13H11N3O3. The summed E-state index contributed by atoms with van der Waals surface area (Å²) in [6.45, 7) is 2.25. The number of nitrogens with zero attached hydrogens (tertiary/aromatic N) is 2. The zero-order valence-corrected chi connectivity index (χ0v) is 10.2. The number of aromatic amines is 1. The first kappa shape index (κ1) is 11.5. The molecule has 0 aliphatic carbocycles. The van der Waals surface area contributed by atoms with Gasteiger partial charge in [-0.05, 0) is 25.1 Å². The van der Waals surface area contributed by atoms with Crippen LogP contribution < -0.4 is 11.2 Å². The first-order chi connectivity index (χ1) is 9.22. The highest BCUT2D eigenvalue weighted by Gasteiger charge is 2.14. The van der Waals surface area contributed by atoms with Crippen LogP contribution in [0.1, 0.15) is 6.92 Å². The Balaban J connectivity index is 2.51. The highest BCUT2D eigenvalue weighted by atomic mass is 16.3. The van der Waals surface area contributed by atoms with Gasteiger partial charge in [-0.1, -0.05) is 0 Å². The number of nitrogens with one attached hydrogen (secondary N) is 1. The molecule has 6 nitrogen and oxygen atoms in total. The van der Waals surface area contributed by atoms with Gasteiger partial charge in [0.1, 0.15) is 11.4 Å². The van der Waals surface area contributed by atoms with Gasteiger partial charge in [-0.25, -0.2) is 9.78 Å². The van der Waals surface area contributed by atoms with Gasteiger partial charge in [-0.3, -0.25) is 14.3 Å².